The molecule has 15 heteroatoms. The van der Waals surface area contributed by atoms with Crippen LogP contribution in [0, 0.1) is 0 Å². The Hall–Kier alpha value is 2.04. The van der Waals surface area contributed by atoms with E-state index in [0.717, 1.165) is 26.8 Å². The van der Waals surface area contributed by atoms with Crippen LogP contribution in [0.15, 0.2) is 76.7 Å². The molecule has 0 aliphatic heterocycles. The minimum absolute atomic E-state index is 0.000425. The lowest BCUT2D eigenvalue weighted by molar-refractivity contribution is 0.0920. The molecule has 0 radical (unpaired) electrons. The van der Waals surface area contributed by atoms with Crippen LogP contribution in [0.5, 0.6) is 17.2 Å². The quantitative estimate of drug-likeness (QED) is 0.122. The summed E-state index contributed by atoms with van der Waals surface area (Å²) in [4.78, 5) is 0.000425. The summed E-state index contributed by atoms with van der Waals surface area (Å²) in [5.74, 6) is 1.41. The molecule has 0 bridgehead atoms. The zero-order valence-corrected chi connectivity index (χ0v) is 34.5. The smallest absolute Gasteiger partial charge is 0.460 e. The van der Waals surface area contributed by atoms with Gasteiger partial charge in [0.1, 0.15) is 17.2 Å². The summed E-state index contributed by atoms with van der Waals surface area (Å²) in [5, 5.41) is 0. The van der Waals surface area contributed by atoms with Crippen LogP contribution in [0.4, 0.5) is 0 Å². The van der Waals surface area contributed by atoms with Gasteiger partial charge in [-0.1, -0.05) is 22.9 Å². The van der Waals surface area contributed by atoms with Crippen molar-refractivity contribution in [3.63, 3.8) is 0 Å². The molecule has 3 rings (SSSR count). The second kappa shape index (κ2) is 14.3. The van der Waals surface area contributed by atoms with Crippen molar-refractivity contribution < 1.29 is 17.7 Å². The van der Waals surface area contributed by atoms with Gasteiger partial charge < -0.3 is 17.7 Å². The molecule has 0 saturated carbocycles. The SMILES string of the molecule is CC(Br)CO[Si](Oc1ccc(Br)c(Br)c1Br)(Oc1ccc(Br)c(Br)c1Br)Oc1ccc(Br)c(Br)c1Br. The van der Waals surface area contributed by atoms with E-state index in [1.54, 1.807) is 18.2 Å². The first-order chi connectivity index (χ1) is 16.8. The fraction of sp³-hybridized carbons (Fsp3) is 0.143. The summed E-state index contributed by atoms with van der Waals surface area (Å²) in [6, 6.07) is 11.0. The van der Waals surface area contributed by atoms with Crippen LogP contribution >= 0.6 is 159 Å². The predicted molar refractivity (Wildman–Crippen MR) is 181 cm³/mol. The maximum Gasteiger partial charge on any atom is 0.893 e. The van der Waals surface area contributed by atoms with Crippen LogP contribution in [-0.2, 0) is 4.43 Å². The lowest BCUT2D eigenvalue weighted by Crippen LogP contribution is -2.58. The number of alkyl halides is 1. The number of hydrogen-bond donors (Lipinski definition) is 0. The summed E-state index contributed by atoms with van der Waals surface area (Å²) in [7, 11) is -4.02. The van der Waals surface area contributed by atoms with Crippen LogP contribution in [0.1, 0.15) is 6.92 Å². The zero-order valence-electron chi connectivity index (χ0n) is 17.7. The standard InChI is InChI=1S/C21H12Br10O4Si/c1-9(22)8-32-36(33-13-5-2-10(23)16(26)19(13)29,34-14-6-3-11(24)17(27)20(14)30)35-15-7-4-12(25)18(28)21(15)31/h2-7,9H,8H2,1H3. The van der Waals surface area contributed by atoms with E-state index in [1.807, 2.05) is 25.1 Å². The van der Waals surface area contributed by atoms with Gasteiger partial charge in [0.25, 0.3) is 0 Å². The molecule has 0 fully saturated rings. The second-order valence-corrected chi connectivity index (χ2v) is 17.7. The molecule has 3 aromatic carbocycles. The van der Waals surface area contributed by atoms with E-state index in [9.17, 15) is 0 Å². The molecule has 0 amide bonds. The molecule has 1 atom stereocenters. The first-order valence-electron chi connectivity index (χ1n) is 9.60. The van der Waals surface area contributed by atoms with E-state index in [-0.39, 0.29) is 11.4 Å². The normalized spacial score (nSPS) is 12.4. The van der Waals surface area contributed by atoms with E-state index in [2.05, 4.69) is 159 Å². The molecule has 0 aromatic heterocycles. The Morgan fingerprint density at radius 1 is 0.556 bits per heavy atom. The zero-order chi connectivity index (χ0) is 26.8. The van der Waals surface area contributed by atoms with Crippen molar-refractivity contribution >= 4 is 168 Å². The Morgan fingerprint density at radius 3 is 1.14 bits per heavy atom. The molecule has 0 aliphatic carbocycles. The predicted octanol–water partition coefficient (Wildman–Crippen LogP) is 12.3. The lowest BCUT2D eigenvalue weighted by atomic mass is 10.3. The lowest BCUT2D eigenvalue weighted by Gasteiger charge is -2.30. The molecule has 1 unspecified atom stereocenters. The Morgan fingerprint density at radius 2 is 0.861 bits per heavy atom. The number of halogens is 10. The van der Waals surface area contributed by atoms with E-state index < -0.39 is 9.05 Å². The molecular weight excluding hydrogens is 1140 g/mol. The van der Waals surface area contributed by atoms with Crippen LogP contribution in [0.2, 0.25) is 0 Å². The van der Waals surface area contributed by atoms with E-state index in [4.69, 9.17) is 17.7 Å². The van der Waals surface area contributed by atoms with E-state index >= 15 is 0 Å². The van der Waals surface area contributed by atoms with Crippen molar-refractivity contribution in [1.82, 2.24) is 0 Å². The highest BCUT2D eigenvalue weighted by molar-refractivity contribution is 9.15. The third-order valence-corrected chi connectivity index (χ3v) is 16.4. The number of rotatable bonds is 9. The van der Waals surface area contributed by atoms with Crippen LogP contribution in [-0.4, -0.2) is 20.5 Å². The van der Waals surface area contributed by atoms with Crippen molar-refractivity contribution in [3.8, 4) is 17.2 Å². The summed E-state index contributed by atoms with van der Waals surface area (Å²) in [6.07, 6.45) is 0. The van der Waals surface area contributed by atoms with Crippen LogP contribution in [0.25, 0.3) is 0 Å². The van der Waals surface area contributed by atoms with Crippen molar-refractivity contribution in [2.24, 2.45) is 0 Å². The third-order valence-electron chi connectivity index (χ3n) is 4.19. The van der Waals surface area contributed by atoms with Crippen molar-refractivity contribution in [3.05, 3.63) is 76.7 Å². The van der Waals surface area contributed by atoms with Gasteiger partial charge in [0.15, 0.2) is 0 Å². The van der Waals surface area contributed by atoms with Gasteiger partial charge in [0.2, 0.25) is 0 Å². The van der Waals surface area contributed by atoms with Gasteiger partial charge in [-0.25, -0.2) is 0 Å². The number of hydrogen-bond acceptors (Lipinski definition) is 4. The van der Waals surface area contributed by atoms with Crippen LogP contribution in [0.3, 0.4) is 0 Å². The Kier molecular flexibility index (Phi) is 12.9. The van der Waals surface area contributed by atoms with Crippen molar-refractivity contribution in [1.29, 1.82) is 0 Å². The molecule has 194 valence electrons. The summed E-state index contributed by atoms with van der Waals surface area (Å²) >= 11 is 35.6. The fourth-order valence-electron chi connectivity index (χ4n) is 2.53. The maximum atomic E-state index is 6.54. The highest BCUT2D eigenvalue weighted by atomic mass is 79.9. The molecule has 0 aliphatic rings. The topological polar surface area (TPSA) is 36.9 Å². The second-order valence-electron chi connectivity index (χ2n) is 6.92. The van der Waals surface area contributed by atoms with E-state index in [0.29, 0.717) is 30.7 Å². The largest absolute Gasteiger partial charge is 0.893 e. The Labute approximate surface area is 294 Å². The highest BCUT2D eigenvalue weighted by Gasteiger charge is 2.56. The van der Waals surface area contributed by atoms with Crippen molar-refractivity contribution in [2.45, 2.75) is 11.8 Å². The van der Waals surface area contributed by atoms with Gasteiger partial charge >= 0.3 is 9.05 Å². The van der Waals surface area contributed by atoms with Gasteiger partial charge in [0, 0.05) is 31.7 Å². The van der Waals surface area contributed by atoms with Gasteiger partial charge in [-0.2, -0.15) is 0 Å². The molecule has 36 heavy (non-hydrogen) atoms. The van der Waals surface area contributed by atoms with Gasteiger partial charge in [-0.3, -0.25) is 0 Å². The highest BCUT2D eigenvalue weighted by Crippen LogP contribution is 2.44. The first kappa shape index (κ1) is 32.6. The van der Waals surface area contributed by atoms with E-state index in [1.165, 1.54) is 0 Å². The molecule has 0 saturated heterocycles. The Balaban J connectivity index is 2.20. The van der Waals surface area contributed by atoms with Gasteiger partial charge in [0.05, 0.1) is 20.0 Å². The van der Waals surface area contributed by atoms with Crippen molar-refractivity contribution in [2.75, 3.05) is 6.61 Å². The van der Waals surface area contributed by atoms with Gasteiger partial charge in [-0.15, -0.1) is 0 Å². The monoisotopic (exact) mass is 1150 g/mol. The minimum atomic E-state index is -4.02. The molecular formula is C21H12Br10O4Si. The van der Waals surface area contributed by atoms with Crippen LogP contribution < -0.4 is 13.3 Å². The summed E-state index contributed by atoms with van der Waals surface area (Å²) in [6.45, 7) is 2.22. The average molecular weight is 1160 g/mol. The molecule has 4 nitrogen and oxygen atoms in total. The average Bonchev–Trinajstić information content (AvgIpc) is 2.84. The molecule has 0 heterocycles. The molecule has 0 spiro atoms. The third kappa shape index (κ3) is 8.07. The number of benzene rings is 3. The maximum absolute atomic E-state index is 6.54. The Bertz CT molecular complexity index is 1130. The first-order valence-corrected chi connectivity index (χ1v) is 19.3. The van der Waals surface area contributed by atoms with Gasteiger partial charge in [-0.05, 0) is 180 Å². The molecule has 0 N–H and O–H groups in total. The summed E-state index contributed by atoms with van der Waals surface area (Å²) in [5.41, 5.74) is 0. The minimum Gasteiger partial charge on any atom is -0.460 e. The molecule has 3 aromatic rings. The summed E-state index contributed by atoms with van der Waals surface area (Å²) < 4.78 is 32.9. The fourth-order valence-corrected chi connectivity index (χ4v) is 9.48.